The Morgan fingerprint density at radius 2 is 1.75 bits per heavy atom. The van der Waals surface area contributed by atoms with Crippen LogP contribution < -0.4 is 0 Å². The molecule has 2 aliphatic rings. The van der Waals surface area contributed by atoms with E-state index in [1.165, 1.54) is 11.1 Å². The van der Waals surface area contributed by atoms with Crippen molar-refractivity contribution >= 4 is 6.21 Å². The van der Waals surface area contributed by atoms with Gasteiger partial charge >= 0.3 is 0 Å². The topological polar surface area (TPSA) is 12.4 Å². The summed E-state index contributed by atoms with van der Waals surface area (Å²) < 4.78 is 0. The Balaban J connectivity index is 2.16. The molecular formula is C15H17N. The van der Waals surface area contributed by atoms with Crippen LogP contribution in [0.2, 0.25) is 0 Å². The van der Waals surface area contributed by atoms with Crippen molar-refractivity contribution in [3.63, 3.8) is 0 Å². The normalized spacial score (nSPS) is 32.9. The summed E-state index contributed by atoms with van der Waals surface area (Å²) in [5.41, 5.74) is 2.62. The molecule has 0 saturated carbocycles. The van der Waals surface area contributed by atoms with Crippen LogP contribution >= 0.6 is 0 Å². The highest BCUT2D eigenvalue weighted by molar-refractivity contribution is 5.74. The molecule has 16 heavy (non-hydrogen) atoms. The molecule has 1 aliphatic heterocycles. The number of dihydropyridines is 1. The predicted molar refractivity (Wildman–Crippen MR) is 70.7 cm³/mol. The molecule has 2 rings (SSSR count). The van der Waals surface area contributed by atoms with Crippen molar-refractivity contribution in [3.8, 4) is 0 Å². The van der Waals surface area contributed by atoms with Gasteiger partial charge in [-0.25, -0.2) is 0 Å². The molecule has 0 amide bonds. The first-order valence-electron chi connectivity index (χ1n) is 5.74. The number of aliphatic imine (C=N–C) groups is 1. The van der Waals surface area contributed by atoms with Crippen LogP contribution in [0.5, 0.6) is 0 Å². The highest BCUT2D eigenvalue weighted by Gasteiger charge is 2.06. The molecule has 0 N–H and O–H groups in total. The average Bonchev–Trinajstić information content (AvgIpc) is 2.30. The molecule has 0 saturated heterocycles. The van der Waals surface area contributed by atoms with Crippen molar-refractivity contribution in [2.75, 3.05) is 0 Å². The predicted octanol–water partition coefficient (Wildman–Crippen LogP) is 3.63. The van der Waals surface area contributed by atoms with Gasteiger partial charge in [-0.2, -0.15) is 0 Å². The Bertz CT molecular complexity index is 388. The molecule has 1 heterocycles. The fraction of sp³-hybridized carbons (Fsp3) is 0.267. The van der Waals surface area contributed by atoms with Crippen LogP contribution in [0.25, 0.3) is 0 Å². The van der Waals surface area contributed by atoms with E-state index in [4.69, 9.17) is 0 Å². The molecule has 2 unspecified atom stereocenters. The van der Waals surface area contributed by atoms with Crippen molar-refractivity contribution in [3.05, 3.63) is 59.8 Å². The monoisotopic (exact) mass is 211 g/mol. The van der Waals surface area contributed by atoms with Crippen molar-refractivity contribution in [1.82, 2.24) is 0 Å². The molecule has 0 bridgehead atoms. The van der Waals surface area contributed by atoms with Crippen LogP contribution in [-0.4, -0.2) is 12.3 Å². The first-order chi connectivity index (χ1) is 7.77. The third-order valence-corrected chi connectivity index (χ3v) is 2.96. The van der Waals surface area contributed by atoms with Gasteiger partial charge in [-0.1, -0.05) is 49.5 Å². The summed E-state index contributed by atoms with van der Waals surface area (Å²) in [5.74, 6) is 0.508. The Morgan fingerprint density at radius 1 is 1.00 bits per heavy atom. The highest BCUT2D eigenvalue weighted by atomic mass is 14.8. The minimum Gasteiger partial charge on any atom is -0.285 e. The third kappa shape index (κ3) is 2.48. The van der Waals surface area contributed by atoms with E-state index in [2.05, 4.69) is 61.4 Å². The smallest absolute Gasteiger partial charge is 0.0720 e. The summed E-state index contributed by atoms with van der Waals surface area (Å²) in [7, 11) is 0. The number of hydrogen-bond donors (Lipinski definition) is 0. The third-order valence-electron chi connectivity index (χ3n) is 2.96. The standard InChI is InChI=1S/C15H17N/c1-12-6-3-4-7-14(12)9-10-15-8-5-11-16-13(15)2/h3-13H,1-2H3/b14-9-,15-10-. The van der Waals surface area contributed by atoms with Crippen molar-refractivity contribution in [1.29, 1.82) is 0 Å². The second-order valence-corrected chi connectivity index (χ2v) is 4.20. The van der Waals surface area contributed by atoms with Crippen LogP contribution in [-0.2, 0) is 0 Å². The van der Waals surface area contributed by atoms with Gasteiger partial charge < -0.3 is 0 Å². The van der Waals surface area contributed by atoms with Crippen molar-refractivity contribution in [2.45, 2.75) is 19.9 Å². The lowest BCUT2D eigenvalue weighted by molar-refractivity contribution is 0.874. The quantitative estimate of drug-likeness (QED) is 0.628. The van der Waals surface area contributed by atoms with E-state index in [9.17, 15) is 0 Å². The fourth-order valence-corrected chi connectivity index (χ4v) is 1.81. The summed E-state index contributed by atoms with van der Waals surface area (Å²) in [6, 6.07) is 0.278. The summed E-state index contributed by atoms with van der Waals surface area (Å²) in [4.78, 5) is 4.35. The SMILES string of the molecule is CC1N=CC=C/C1=C/C=C1/C=CC=CC1C. The second-order valence-electron chi connectivity index (χ2n) is 4.20. The zero-order chi connectivity index (χ0) is 11.4. The molecular weight excluding hydrogens is 194 g/mol. The zero-order valence-corrected chi connectivity index (χ0v) is 9.80. The Kier molecular flexibility index (Phi) is 3.35. The molecule has 1 aliphatic carbocycles. The van der Waals surface area contributed by atoms with Crippen molar-refractivity contribution < 1.29 is 0 Å². The summed E-state index contributed by atoms with van der Waals surface area (Å²) in [6.07, 6.45) is 18.9. The molecule has 1 heteroatoms. The lowest BCUT2D eigenvalue weighted by Gasteiger charge is -2.12. The van der Waals surface area contributed by atoms with E-state index in [1.807, 2.05) is 12.3 Å². The van der Waals surface area contributed by atoms with Crippen molar-refractivity contribution in [2.24, 2.45) is 10.9 Å². The maximum absolute atomic E-state index is 4.35. The minimum atomic E-state index is 0.278. The number of allylic oxidation sites excluding steroid dienone is 8. The van der Waals surface area contributed by atoms with E-state index in [1.54, 1.807) is 0 Å². The Labute approximate surface area is 97.3 Å². The average molecular weight is 211 g/mol. The number of nitrogens with zero attached hydrogens (tertiary/aromatic N) is 1. The van der Waals surface area contributed by atoms with E-state index in [0.717, 1.165) is 0 Å². The molecule has 0 aromatic rings. The minimum absolute atomic E-state index is 0.278. The zero-order valence-electron chi connectivity index (χ0n) is 9.80. The van der Waals surface area contributed by atoms with Crippen LogP contribution in [0, 0.1) is 5.92 Å². The van der Waals surface area contributed by atoms with Gasteiger partial charge in [0, 0.05) is 6.21 Å². The molecule has 2 atom stereocenters. The van der Waals surface area contributed by atoms with Crippen LogP contribution in [0.4, 0.5) is 0 Å². The van der Waals surface area contributed by atoms with Gasteiger partial charge in [-0.05, 0) is 30.1 Å². The lowest BCUT2D eigenvalue weighted by Crippen LogP contribution is -2.04. The van der Waals surface area contributed by atoms with Gasteiger partial charge in [-0.3, -0.25) is 4.99 Å². The van der Waals surface area contributed by atoms with Gasteiger partial charge in [0.15, 0.2) is 0 Å². The molecule has 0 fully saturated rings. The van der Waals surface area contributed by atoms with Gasteiger partial charge in [0.25, 0.3) is 0 Å². The maximum atomic E-state index is 4.35. The summed E-state index contributed by atoms with van der Waals surface area (Å²) >= 11 is 0. The molecule has 1 nitrogen and oxygen atoms in total. The van der Waals surface area contributed by atoms with Gasteiger partial charge in [0.1, 0.15) is 0 Å². The van der Waals surface area contributed by atoms with Gasteiger partial charge in [-0.15, -0.1) is 0 Å². The molecule has 0 aromatic heterocycles. The Hall–Kier alpha value is -1.63. The Morgan fingerprint density at radius 3 is 2.50 bits per heavy atom. The molecule has 0 radical (unpaired) electrons. The van der Waals surface area contributed by atoms with E-state index >= 15 is 0 Å². The molecule has 0 spiro atoms. The van der Waals surface area contributed by atoms with E-state index < -0.39 is 0 Å². The van der Waals surface area contributed by atoms with Gasteiger partial charge in [0.2, 0.25) is 0 Å². The lowest BCUT2D eigenvalue weighted by atomic mass is 9.95. The first kappa shape index (κ1) is 10.9. The maximum Gasteiger partial charge on any atom is 0.0720 e. The fourth-order valence-electron chi connectivity index (χ4n) is 1.81. The number of rotatable bonds is 1. The molecule has 82 valence electrons. The van der Waals surface area contributed by atoms with Crippen LogP contribution in [0.1, 0.15) is 13.8 Å². The van der Waals surface area contributed by atoms with Crippen LogP contribution in [0.15, 0.2) is 64.7 Å². The van der Waals surface area contributed by atoms with Crippen LogP contribution in [0.3, 0.4) is 0 Å². The summed E-state index contributed by atoms with van der Waals surface area (Å²) in [5, 5.41) is 0. The molecule has 0 aromatic carbocycles. The second kappa shape index (κ2) is 4.93. The first-order valence-corrected chi connectivity index (χ1v) is 5.74. The highest BCUT2D eigenvalue weighted by Crippen LogP contribution is 2.19. The van der Waals surface area contributed by atoms with E-state index in [0.29, 0.717) is 5.92 Å². The number of hydrogen-bond acceptors (Lipinski definition) is 1. The largest absolute Gasteiger partial charge is 0.285 e. The summed E-state index contributed by atoms with van der Waals surface area (Å²) in [6.45, 7) is 4.33. The van der Waals surface area contributed by atoms with E-state index in [-0.39, 0.29) is 6.04 Å². The van der Waals surface area contributed by atoms with Gasteiger partial charge in [0.05, 0.1) is 6.04 Å².